The first-order valence-corrected chi connectivity index (χ1v) is 9.76. The third-order valence-corrected chi connectivity index (χ3v) is 5.75. The van der Waals surface area contributed by atoms with Gasteiger partial charge in [0.15, 0.2) is 6.23 Å². The lowest BCUT2D eigenvalue weighted by molar-refractivity contribution is -0.477. The lowest BCUT2D eigenvalue weighted by atomic mass is 9.78. The number of carbonyl (C=O) groups is 2. The van der Waals surface area contributed by atoms with E-state index in [1.54, 1.807) is 0 Å². The number of hydrogen-bond donors (Lipinski definition) is 9. The van der Waals surface area contributed by atoms with Crippen LogP contribution in [0.2, 0.25) is 0 Å². The van der Waals surface area contributed by atoms with Gasteiger partial charge in [-0.05, 0) is 33.0 Å². The van der Waals surface area contributed by atoms with Gasteiger partial charge >= 0.3 is 18.0 Å². The summed E-state index contributed by atoms with van der Waals surface area (Å²) < 4.78 is 5.06. The Bertz CT molecular complexity index is 881. The minimum absolute atomic E-state index is 0.127. The van der Waals surface area contributed by atoms with Crippen molar-refractivity contribution in [2.75, 3.05) is 7.05 Å². The highest BCUT2D eigenvalue weighted by Crippen LogP contribution is 2.47. The fourth-order valence-electron chi connectivity index (χ4n) is 3.95. The summed E-state index contributed by atoms with van der Waals surface area (Å²) in [5.74, 6) is -8.91. The Kier molecular flexibility index (Phi) is 5.40. The van der Waals surface area contributed by atoms with Gasteiger partial charge in [0.2, 0.25) is 11.5 Å². The van der Waals surface area contributed by atoms with E-state index in [4.69, 9.17) is 4.74 Å². The minimum Gasteiger partial charge on any atom is -0.444 e. The third kappa shape index (κ3) is 3.35. The van der Waals surface area contributed by atoms with Crippen molar-refractivity contribution in [3.8, 4) is 0 Å². The quantitative estimate of drug-likeness (QED) is 0.191. The van der Waals surface area contributed by atoms with Gasteiger partial charge in [-0.2, -0.15) is 0 Å². The number of likely N-dealkylation sites (N-methyl/N-ethyl adjacent to an activating group) is 1. The van der Waals surface area contributed by atoms with E-state index in [0.29, 0.717) is 5.57 Å². The van der Waals surface area contributed by atoms with Gasteiger partial charge in [0.05, 0.1) is 5.92 Å². The van der Waals surface area contributed by atoms with Crippen molar-refractivity contribution in [3.63, 3.8) is 0 Å². The van der Waals surface area contributed by atoms with Crippen molar-refractivity contribution in [2.24, 2.45) is 5.92 Å². The first kappa shape index (κ1) is 24.0. The van der Waals surface area contributed by atoms with Crippen LogP contribution in [0.4, 0.5) is 9.59 Å². The predicted molar refractivity (Wildman–Crippen MR) is 105 cm³/mol. The highest BCUT2D eigenvalue weighted by atomic mass is 16.6. The first-order valence-electron chi connectivity index (χ1n) is 9.76. The lowest BCUT2D eigenvalue weighted by Gasteiger charge is -2.60. The molecular weight excluding hydrogens is 430 g/mol. The van der Waals surface area contributed by atoms with Crippen LogP contribution in [0.25, 0.3) is 0 Å². The van der Waals surface area contributed by atoms with Crippen LogP contribution >= 0.6 is 0 Å². The van der Waals surface area contributed by atoms with Gasteiger partial charge in [0, 0.05) is 12.6 Å². The summed E-state index contributed by atoms with van der Waals surface area (Å²) in [6.45, 7) is 5.39. The summed E-state index contributed by atoms with van der Waals surface area (Å²) in [5, 5.41) is 73.0. The van der Waals surface area contributed by atoms with E-state index in [1.807, 2.05) is 0 Å². The number of ether oxygens (including phenoxy) is 1. The van der Waals surface area contributed by atoms with E-state index in [2.05, 4.69) is 16.0 Å². The lowest BCUT2D eigenvalue weighted by Crippen LogP contribution is -2.85. The van der Waals surface area contributed by atoms with Crippen LogP contribution in [-0.2, 0) is 4.74 Å². The van der Waals surface area contributed by atoms with E-state index < -0.39 is 53.5 Å². The van der Waals surface area contributed by atoms with Crippen molar-refractivity contribution >= 4 is 12.1 Å². The molecule has 0 aromatic heterocycles. The average molecular weight is 459 g/mol. The summed E-state index contributed by atoms with van der Waals surface area (Å²) in [6.07, 6.45) is -1.83. The summed E-state index contributed by atoms with van der Waals surface area (Å²) in [4.78, 5) is 25.4. The van der Waals surface area contributed by atoms with E-state index in [1.165, 1.54) is 33.0 Å². The molecule has 1 saturated heterocycles. The normalized spacial score (nSPS) is 33.2. The van der Waals surface area contributed by atoms with Gasteiger partial charge < -0.3 is 50.9 Å². The van der Waals surface area contributed by atoms with E-state index in [9.17, 15) is 40.2 Å². The second-order valence-corrected chi connectivity index (χ2v) is 8.98. The van der Waals surface area contributed by atoms with E-state index in [0.717, 1.165) is 18.9 Å². The topological polar surface area (TPSA) is 207 Å². The van der Waals surface area contributed by atoms with Crippen molar-refractivity contribution in [1.82, 2.24) is 25.8 Å². The zero-order valence-corrected chi connectivity index (χ0v) is 18.2. The molecule has 0 radical (unpaired) electrons. The van der Waals surface area contributed by atoms with Crippen LogP contribution in [0.15, 0.2) is 23.7 Å². The smallest absolute Gasteiger partial charge is 0.416 e. The molecule has 0 bridgehead atoms. The van der Waals surface area contributed by atoms with E-state index >= 15 is 0 Å². The van der Waals surface area contributed by atoms with E-state index in [-0.39, 0.29) is 10.7 Å². The zero-order chi connectivity index (χ0) is 24.4. The van der Waals surface area contributed by atoms with Crippen LogP contribution in [0, 0.1) is 5.92 Å². The second-order valence-electron chi connectivity index (χ2n) is 8.98. The fourth-order valence-corrected chi connectivity index (χ4v) is 3.95. The average Bonchev–Trinajstić information content (AvgIpc) is 3.10. The van der Waals surface area contributed by atoms with Crippen LogP contribution in [0.3, 0.4) is 0 Å². The molecule has 3 aliphatic heterocycles. The number of aliphatic hydroxyl groups is 6. The maximum absolute atomic E-state index is 12.7. The molecule has 3 heterocycles. The number of aliphatic hydroxyl groups excluding tert-OH is 1. The Hall–Kier alpha value is -2.62. The number of hydrogen-bond acceptors (Lipinski definition) is 11. The number of piperidine rings is 1. The standard InChI is InChI=1S/C18H29N5O9/c1-8-16(27,28)12(24)23(14(26)32-15(2,3)4)18(30,31)17(8,29)22(5)11-9-6-7-19-10(9)20-13(25)21-11/h6-8,10,12,19,24,27-31H,1-5H3,(H2,20,21,25). The molecule has 0 spiro atoms. The molecule has 32 heavy (non-hydrogen) atoms. The highest BCUT2D eigenvalue weighted by Gasteiger charge is 2.74. The monoisotopic (exact) mass is 459 g/mol. The minimum atomic E-state index is -3.63. The van der Waals surface area contributed by atoms with Gasteiger partial charge in [-0.25, -0.2) is 14.5 Å². The third-order valence-electron chi connectivity index (χ3n) is 5.75. The molecule has 4 unspecified atom stereocenters. The molecular formula is C18H29N5O9. The molecule has 9 N–H and O–H groups in total. The molecule has 14 nitrogen and oxygen atoms in total. The largest absolute Gasteiger partial charge is 0.444 e. The number of nitrogens with zero attached hydrogens (tertiary/aromatic N) is 2. The Morgan fingerprint density at radius 1 is 1.22 bits per heavy atom. The molecule has 0 aliphatic carbocycles. The molecule has 180 valence electrons. The van der Waals surface area contributed by atoms with Crippen molar-refractivity contribution in [3.05, 3.63) is 23.7 Å². The predicted octanol–water partition coefficient (Wildman–Crippen LogP) is -2.90. The molecule has 14 heteroatoms. The van der Waals surface area contributed by atoms with Crippen molar-refractivity contribution < 1.29 is 45.0 Å². The number of likely N-dealkylation sites (tertiary alicyclic amines) is 1. The first-order chi connectivity index (χ1) is 14.5. The Labute approximate surface area is 183 Å². The number of carbonyl (C=O) groups excluding carboxylic acids is 2. The molecule has 1 fully saturated rings. The molecule has 0 saturated carbocycles. The van der Waals surface area contributed by atoms with Gasteiger partial charge in [0.1, 0.15) is 17.6 Å². The van der Waals surface area contributed by atoms with Gasteiger partial charge in [0.25, 0.3) is 0 Å². The van der Waals surface area contributed by atoms with Crippen LogP contribution in [0.1, 0.15) is 27.7 Å². The van der Waals surface area contributed by atoms with Crippen molar-refractivity contribution in [2.45, 2.75) is 63.1 Å². The maximum atomic E-state index is 12.7. The highest BCUT2D eigenvalue weighted by molar-refractivity contribution is 5.79. The van der Waals surface area contributed by atoms with Gasteiger partial charge in [-0.1, -0.05) is 6.92 Å². The van der Waals surface area contributed by atoms with Crippen LogP contribution < -0.4 is 16.0 Å². The molecule has 0 aromatic carbocycles. The number of rotatable bonds is 2. The summed E-state index contributed by atoms with van der Waals surface area (Å²) in [7, 11) is 1.13. The Balaban J connectivity index is 2.15. The summed E-state index contributed by atoms with van der Waals surface area (Å²) in [6, 6.07) is -0.700. The molecule has 3 aliphatic rings. The molecule has 0 aromatic rings. The van der Waals surface area contributed by atoms with Crippen molar-refractivity contribution in [1.29, 1.82) is 0 Å². The SMILES string of the molecule is CC1C(O)(O)C(O)N(C(=O)OC(C)(C)C)C(O)(O)C1(O)N(C)C1=C2C=CNC2NC(=O)N1. The Morgan fingerprint density at radius 2 is 1.81 bits per heavy atom. The number of urea groups is 1. The number of amides is 3. The summed E-state index contributed by atoms with van der Waals surface area (Å²) in [5.41, 5.74) is -3.89. The number of nitrogens with one attached hydrogen (secondary N) is 3. The maximum Gasteiger partial charge on any atom is 0.416 e. The van der Waals surface area contributed by atoms with Crippen LogP contribution in [-0.4, -0.2) is 95.0 Å². The zero-order valence-electron chi connectivity index (χ0n) is 18.2. The molecule has 4 atom stereocenters. The van der Waals surface area contributed by atoms with Crippen LogP contribution in [0.5, 0.6) is 0 Å². The second kappa shape index (κ2) is 7.19. The van der Waals surface area contributed by atoms with Gasteiger partial charge in [-0.3, -0.25) is 5.32 Å². The number of fused-ring (bicyclic) bond motifs is 1. The molecule has 3 rings (SSSR count). The Morgan fingerprint density at radius 3 is 2.38 bits per heavy atom. The molecule has 3 amide bonds. The van der Waals surface area contributed by atoms with Gasteiger partial charge in [-0.15, -0.1) is 0 Å². The fraction of sp³-hybridized carbons (Fsp3) is 0.667. The summed E-state index contributed by atoms with van der Waals surface area (Å²) >= 11 is 0.